The van der Waals surface area contributed by atoms with Crippen molar-refractivity contribution in [2.75, 3.05) is 20.1 Å². The number of rotatable bonds is 3. The number of carbonyl (C=O) groups is 1. The van der Waals surface area contributed by atoms with Crippen LogP contribution < -0.4 is 0 Å². The van der Waals surface area contributed by atoms with E-state index in [4.69, 9.17) is 5.11 Å². The molecule has 0 amide bonds. The molecule has 3 nitrogen and oxygen atoms in total. The maximum absolute atomic E-state index is 10.2. The average Bonchev–Trinajstić information content (AvgIpc) is 2.08. The van der Waals surface area contributed by atoms with E-state index in [0.29, 0.717) is 5.92 Å². The van der Waals surface area contributed by atoms with Gasteiger partial charge in [0.15, 0.2) is 0 Å². The number of allylic oxidation sites excluding steroid dienone is 1. The third-order valence-corrected chi connectivity index (χ3v) is 2.46. The van der Waals surface area contributed by atoms with Crippen molar-refractivity contribution in [3.8, 4) is 0 Å². The molecule has 0 aliphatic carbocycles. The minimum atomic E-state index is -0.746. The molecule has 3 heteroatoms. The first kappa shape index (κ1) is 10.3. The zero-order valence-electron chi connectivity index (χ0n) is 8.07. The second kappa shape index (κ2) is 5.02. The van der Waals surface area contributed by atoms with Crippen molar-refractivity contribution in [3.63, 3.8) is 0 Å². The van der Waals surface area contributed by atoms with E-state index in [2.05, 4.69) is 18.0 Å². The SMILES string of the molecule is CN1CCC(/C=C\CC(=O)O)CC1. The van der Waals surface area contributed by atoms with Crippen molar-refractivity contribution in [2.24, 2.45) is 5.92 Å². The third kappa shape index (κ3) is 4.08. The van der Waals surface area contributed by atoms with Gasteiger partial charge in [0.1, 0.15) is 0 Å². The Balaban J connectivity index is 2.22. The second-order valence-electron chi connectivity index (χ2n) is 3.67. The van der Waals surface area contributed by atoms with Gasteiger partial charge in [-0.1, -0.05) is 12.2 Å². The number of nitrogens with zero attached hydrogens (tertiary/aromatic N) is 1. The molecule has 0 aromatic carbocycles. The molecule has 1 fully saturated rings. The van der Waals surface area contributed by atoms with Gasteiger partial charge in [0.2, 0.25) is 0 Å². The fraction of sp³-hybridized carbons (Fsp3) is 0.700. The van der Waals surface area contributed by atoms with Crippen LogP contribution in [0.4, 0.5) is 0 Å². The summed E-state index contributed by atoms with van der Waals surface area (Å²) >= 11 is 0. The Morgan fingerprint density at radius 1 is 1.54 bits per heavy atom. The van der Waals surface area contributed by atoms with Crippen LogP contribution in [-0.4, -0.2) is 36.1 Å². The van der Waals surface area contributed by atoms with Crippen molar-refractivity contribution < 1.29 is 9.90 Å². The summed E-state index contributed by atoms with van der Waals surface area (Å²) in [6.07, 6.45) is 6.31. The number of hydrogen-bond acceptors (Lipinski definition) is 2. The van der Waals surface area contributed by atoms with Crippen molar-refractivity contribution in [3.05, 3.63) is 12.2 Å². The highest BCUT2D eigenvalue weighted by atomic mass is 16.4. The molecule has 0 bridgehead atoms. The zero-order valence-corrected chi connectivity index (χ0v) is 8.07. The molecule has 0 spiro atoms. The van der Waals surface area contributed by atoms with Crippen molar-refractivity contribution >= 4 is 5.97 Å². The quantitative estimate of drug-likeness (QED) is 0.672. The summed E-state index contributed by atoms with van der Waals surface area (Å²) in [5, 5.41) is 8.43. The largest absolute Gasteiger partial charge is 0.481 e. The van der Waals surface area contributed by atoms with Crippen molar-refractivity contribution in [1.29, 1.82) is 0 Å². The molecule has 0 aromatic heterocycles. The number of carboxylic acid groups (broad SMARTS) is 1. The molecule has 0 aromatic rings. The van der Waals surface area contributed by atoms with Gasteiger partial charge in [-0.15, -0.1) is 0 Å². The Morgan fingerprint density at radius 2 is 2.15 bits per heavy atom. The van der Waals surface area contributed by atoms with Gasteiger partial charge in [-0.25, -0.2) is 0 Å². The highest BCUT2D eigenvalue weighted by Gasteiger charge is 2.13. The molecule has 1 saturated heterocycles. The predicted molar refractivity (Wildman–Crippen MR) is 51.6 cm³/mol. The van der Waals surface area contributed by atoms with E-state index in [1.165, 1.54) is 0 Å². The summed E-state index contributed by atoms with van der Waals surface area (Å²) in [6.45, 7) is 2.25. The number of piperidine rings is 1. The van der Waals surface area contributed by atoms with Gasteiger partial charge in [-0.3, -0.25) is 4.79 Å². The summed E-state index contributed by atoms with van der Waals surface area (Å²) in [5.74, 6) is -0.153. The van der Waals surface area contributed by atoms with E-state index in [1.807, 2.05) is 0 Å². The summed E-state index contributed by atoms with van der Waals surface area (Å²) in [7, 11) is 2.12. The van der Waals surface area contributed by atoms with Crippen LogP contribution >= 0.6 is 0 Å². The molecular formula is C10H17NO2. The fourth-order valence-corrected chi connectivity index (χ4v) is 1.58. The van der Waals surface area contributed by atoms with E-state index < -0.39 is 5.97 Å². The van der Waals surface area contributed by atoms with Crippen LogP contribution in [0.2, 0.25) is 0 Å². The topological polar surface area (TPSA) is 40.5 Å². The van der Waals surface area contributed by atoms with Gasteiger partial charge in [-0.2, -0.15) is 0 Å². The Bertz CT molecular complexity index is 193. The first-order valence-electron chi connectivity index (χ1n) is 4.75. The first-order chi connectivity index (χ1) is 6.18. The highest BCUT2D eigenvalue weighted by Crippen LogP contribution is 2.17. The van der Waals surface area contributed by atoms with Crippen molar-refractivity contribution in [2.45, 2.75) is 19.3 Å². The standard InChI is InChI=1S/C10H17NO2/c1-11-7-5-9(6-8-11)3-2-4-10(12)13/h2-3,9H,4-8H2,1H3,(H,12,13)/b3-2-. The van der Waals surface area contributed by atoms with Gasteiger partial charge >= 0.3 is 5.97 Å². The minimum Gasteiger partial charge on any atom is -0.481 e. The van der Waals surface area contributed by atoms with Crippen LogP contribution in [0.1, 0.15) is 19.3 Å². The molecule has 0 saturated carbocycles. The van der Waals surface area contributed by atoms with E-state index in [1.54, 1.807) is 6.08 Å². The Hall–Kier alpha value is -0.830. The minimum absolute atomic E-state index is 0.159. The molecular weight excluding hydrogens is 166 g/mol. The highest BCUT2D eigenvalue weighted by molar-refractivity contribution is 5.68. The lowest BCUT2D eigenvalue weighted by Crippen LogP contribution is -2.29. The van der Waals surface area contributed by atoms with E-state index in [0.717, 1.165) is 25.9 Å². The monoisotopic (exact) mass is 183 g/mol. The van der Waals surface area contributed by atoms with Crippen LogP contribution in [0.15, 0.2) is 12.2 Å². The zero-order chi connectivity index (χ0) is 9.68. The number of likely N-dealkylation sites (tertiary alicyclic amines) is 1. The molecule has 1 rings (SSSR count). The molecule has 0 unspecified atom stereocenters. The maximum atomic E-state index is 10.2. The molecule has 74 valence electrons. The summed E-state index contributed by atoms with van der Waals surface area (Å²) in [6, 6.07) is 0. The van der Waals surface area contributed by atoms with E-state index in [-0.39, 0.29) is 6.42 Å². The summed E-state index contributed by atoms with van der Waals surface area (Å²) in [5.41, 5.74) is 0. The molecule has 0 radical (unpaired) electrons. The van der Waals surface area contributed by atoms with Crippen LogP contribution in [0.3, 0.4) is 0 Å². The Morgan fingerprint density at radius 3 is 2.69 bits per heavy atom. The van der Waals surface area contributed by atoms with Gasteiger partial charge in [0.05, 0.1) is 6.42 Å². The molecule has 0 atom stereocenters. The summed E-state index contributed by atoms with van der Waals surface area (Å²) < 4.78 is 0. The molecule has 1 aliphatic heterocycles. The number of carboxylic acids is 1. The molecule has 1 heterocycles. The van der Waals surface area contributed by atoms with Crippen LogP contribution in [0, 0.1) is 5.92 Å². The molecule has 1 N–H and O–H groups in total. The second-order valence-corrected chi connectivity index (χ2v) is 3.67. The smallest absolute Gasteiger partial charge is 0.307 e. The maximum Gasteiger partial charge on any atom is 0.307 e. The lowest BCUT2D eigenvalue weighted by Gasteiger charge is -2.26. The van der Waals surface area contributed by atoms with Gasteiger partial charge < -0.3 is 10.0 Å². The normalized spacial score (nSPS) is 21.0. The van der Waals surface area contributed by atoms with Crippen molar-refractivity contribution in [1.82, 2.24) is 4.90 Å². The fourth-order valence-electron chi connectivity index (χ4n) is 1.58. The lowest BCUT2D eigenvalue weighted by molar-refractivity contribution is -0.136. The first-order valence-corrected chi connectivity index (χ1v) is 4.75. The number of hydrogen-bond donors (Lipinski definition) is 1. The molecule has 1 aliphatic rings. The molecule has 13 heavy (non-hydrogen) atoms. The average molecular weight is 183 g/mol. The van der Waals surface area contributed by atoms with Crippen LogP contribution in [-0.2, 0) is 4.79 Å². The van der Waals surface area contributed by atoms with E-state index >= 15 is 0 Å². The Kier molecular flexibility index (Phi) is 3.96. The third-order valence-electron chi connectivity index (χ3n) is 2.46. The van der Waals surface area contributed by atoms with Crippen LogP contribution in [0.5, 0.6) is 0 Å². The Labute approximate surface area is 79.0 Å². The lowest BCUT2D eigenvalue weighted by atomic mass is 9.96. The van der Waals surface area contributed by atoms with Gasteiger partial charge in [0.25, 0.3) is 0 Å². The number of aliphatic carboxylic acids is 1. The van der Waals surface area contributed by atoms with Gasteiger partial charge in [0, 0.05) is 0 Å². The predicted octanol–water partition coefficient (Wildman–Crippen LogP) is 1.36. The van der Waals surface area contributed by atoms with Crippen LogP contribution in [0.25, 0.3) is 0 Å². The summed E-state index contributed by atoms with van der Waals surface area (Å²) in [4.78, 5) is 12.5. The van der Waals surface area contributed by atoms with E-state index in [9.17, 15) is 4.79 Å². The van der Waals surface area contributed by atoms with Gasteiger partial charge in [-0.05, 0) is 38.9 Å².